The second-order valence-electron chi connectivity index (χ2n) is 3.81. The molecule has 1 aliphatic heterocycles. The van der Waals surface area contributed by atoms with Crippen molar-refractivity contribution in [2.75, 3.05) is 13.1 Å². The Labute approximate surface area is 69.5 Å². The Hall–Kier alpha value is -0.0800. The van der Waals surface area contributed by atoms with Crippen LogP contribution in [0.25, 0.3) is 0 Å². The summed E-state index contributed by atoms with van der Waals surface area (Å²) >= 11 is 0. The first-order valence-corrected chi connectivity index (χ1v) is 4.71. The molecule has 2 unspecified atom stereocenters. The van der Waals surface area contributed by atoms with Crippen molar-refractivity contribution in [3.8, 4) is 0 Å². The maximum Gasteiger partial charge on any atom is 0.0115 e. The van der Waals surface area contributed by atoms with Crippen molar-refractivity contribution in [3.05, 3.63) is 0 Å². The molecule has 2 fully saturated rings. The standard InChI is InChI=1S/C6H12N2.C3H8/c7-5-3-6(5)1-2-8-4-6;1-3-2/h5,8H,1-4,7H2;3H2,1-2H3. The Morgan fingerprint density at radius 1 is 1.55 bits per heavy atom. The van der Waals surface area contributed by atoms with Crippen molar-refractivity contribution >= 4 is 0 Å². The van der Waals surface area contributed by atoms with Crippen molar-refractivity contribution < 1.29 is 0 Å². The lowest BCUT2D eigenvalue weighted by Gasteiger charge is -2.00. The van der Waals surface area contributed by atoms with E-state index in [-0.39, 0.29) is 0 Å². The molecule has 2 nitrogen and oxygen atoms in total. The minimum atomic E-state index is 0.525. The average Bonchev–Trinajstić information content (AvgIpc) is 2.46. The van der Waals surface area contributed by atoms with Gasteiger partial charge in [-0.15, -0.1) is 0 Å². The van der Waals surface area contributed by atoms with Gasteiger partial charge in [-0.3, -0.25) is 0 Å². The van der Waals surface area contributed by atoms with Crippen LogP contribution < -0.4 is 11.1 Å². The van der Waals surface area contributed by atoms with E-state index in [9.17, 15) is 0 Å². The van der Waals surface area contributed by atoms with Gasteiger partial charge in [-0.2, -0.15) is 0 Å². The van der Waals surface area contributed by atoms with E-state index in [4.69, 9.17) is 5.73 Å². The van der Waals surface area contributed by atoms with E-state index >= 15 is 0 Å². The molecule has 0 amide bonds. The van der Waals surface area contributed by atoms with Crippen molar-refractivity contribution in [3.63, 3.8) is 0 Å². The summed E-state index contributed by atoms with van der Waals surface area (Å²) in [4.78, 5) is 0. The van der Waals surface area contributed by atoms with Crippen LogP contribution in [0.5, 0.6) is 0 Å². The van der Waals surface area contributed by atoms with Crippen LogP contribution in [0.3, 0.4) is 0 Å². The molecule has 0 aromatic rings. The molecule has 2 rings (SSSR count). The van der Waals surface area contributed by atoms with E-state index in [1.54, 1.807) is 0 Å². The molecular weight excluding hydrogens is 136 g/mol. The molecule has 1 aliphatic carbocycles. The maximum absolute atomic E-state index is 5.72. The predicted octanol–water partition coefficient (Wildman–Crippen LogP) is 1.11. The Bertz CT molecular complexity index is 117. The molecule has 0 aromatic carbocycles. The monoisotopic (exact) mass is 156 g/mol. The third kappa shape index (κ3) is 1.94. The average molecular weight is 156 g/mol. The van der Waals surface area contributed by atoms with Gasteiger partial charge >= 0.3 is 0 Å². The quantitative estimate of drug-likeness (QED) is 0.551. The summed E-state index contributed by atoms with van der Waals surface area (Å²) in [6.07, 6.45) is 3.83. The summed E-state index contributed by atoms with van der Waals surface area (Å²) in [5, 5.41) is 3.33. The summed E-state index contributed by atoms with van der Waals surface area (Å²) in [5.41, 5.74) is 6.29. The summed E-state index contributed by atoms with van der Waals surface area (Å²) in [5.74, 6) is 0. The van der Waals surface area contributed by atoms with Crippen molar-refractivity contribution in [2.45, 2.75) is 39.2 Å². The van der Waals surface area contributed by atoms with Gasteiger partial charge in [-0.1, -0.05) is 20.3 Å². The molecule has 66 valence electrons. The van der Waals surface area contributed by atoms with Gasteiger partial charge in [-0.25, -0.2) is 0 Å². The first-order chi connectivity index (χ1) is 5.25. The molecule has 0 radical (unpaired) electrons. The third-order valence-corrected chi connectivity index (χ3v) is 2.53. The van der Waals surface area contributed by atoms with Crippen LogP contribution >= 0.6 is 0 Å². The zero-order chi connectivity index (χ0) is 8.32. The summed E-state index contributed by atoms with van der Waals surface area (Å²) in [7, 11) is 0. The zero-order valence-electron chi connectivity index (χ0n) is 7.69. The Morgan fingerprint density at radius 3 is 2.27 bits per heavy atom. The maximum atomic E-state index is 5.72. The molecule has 11 heavy (non-hydrogen) atoms. The lowest BCUT2D eigenvalue weighted by atomic mass is 10.1. The van der Waals surface area contributed by atoms with Crippen LogP contribution in [0, 0.1) is 5.41 Å². The highest BCUT2D eigenvalue weighted by atomic mass is 15.0. The van der Waals surface area contributed by atoms with E-state index in [0.717, 1.165) is 0 Å². The van der Waals surface area contributed by atoms with E-state index in [1.165, 1.54) is 32.4 Å². The predicted molar refractivity (Wildman–Crippen MR) is 48.5 cm³/mol. The van der Waals surface area contributed by atoms with Gasteiger partial charge in [0.05, 0.1) is 0 Å². The van der Waals surface area contributed by atoms with Gasteiger partial charge in [0, 0.05) is 18.0 Å². The Kier molecular flexibility index (Phi) is 2.90. The van der Waals surface area contributed by atoms with E-state index in [1.807, 2.05) is 0 Å². The summed E-state index contributed by atoms with van der Waals surface area (Å²) in [6, 6.07) is 0.525. The second-order valence-corrected chi connectivity index (χ2v) is 3.81. The zero-order valence-corrected chi connectivity index (χ0v) is 7.69. The molecule has 2 aliphatic rings. The van der Waals surface area contributed by atoms with Crippen LogP contribution in [0.1, 0.15) is 33.1 Å². The fraction of sp³-hybridized carbons (Fsp3) is 1.00. The van der Waals surface area contributed by atoms with Gasteiger partial charge in [0.2, 0.25) is 0 Å². The fourth-order valence-corrected chi connectivity index (χ4v) is 1.63. The molecule has 0 bridgehead atoms. The van der Waals surface area contributed by atoms with Gasteiger partial charge < -0.3 is 11.1 Å². The largest absolute Gasteiger partial charge is 0.327 e. The molecule has 0 aromatic heterocycles. The van der Waals surface area contributed by atoms with Crippen LogP contribution in [-0.2, 0) is 0 Å². The number of nitrogens with one attached hydrogen (secondary N) is 1. The van der Waals surface area contributed by atoms with Crippen LogP contribution in [0.2, 0.25) is 0 Å². The Balaban J connectivity index is 0.000000179. The van der Waals surface area contributed by atoms with Crippen molar-refractivity contribution in [1.29, 1.82) is 0 Å². The minimum absolute atomic E-state index is 0.525. The second kappa shape index (κ2) is 3.55. The van der Waals surface area contributed by atoms with Gasteiger partial charge in [0.15, 0.2) is 0 Å². The van der Waals surface area contributed by atoms with E-state index in [2.05, 4.69) is 19.2 Å². The number of hydrogen-bond acceptors (Lipinski definition) is 2. The molecular formula is C9H20N2. The van der Waals surface area contributed by atoms with Gasteiger partial charge in [-0.05, 0) is 19.4 Å². The summed E-state index contributed by atoms with van der Waals surface area (Å²) in [6.45, 7) is 6.61. The van der Waals surface area contributed by atoms with E-state index in [0.29, 0.717) is 11.5 Å². The van der Waals surface area contributed by atoms with Gasteiger partial charge in [0.25, 0.3) is 0 Å². The normalized spacial score (nSPS) is 40.1. The SMILES string of the molecule is CCC.NC1CC12CCNC2. The lowest BCUT2D eigenvalue weighted by Crippen LogP contribution is -2.16. The highest BCUT2D eigenvalue weighted by Crippen LogP contribution is 2.48. The molecule has 1 saturated heterocycles. The van der Waals surface area contributed by atoms with Crippen LogP contribution in [0.4, 0.5) is 0 Å². The van der Waals surface area contributed by atoms with Gasteiger partial charge in [0.1, 0.15) is 0 Å². The molecule has 2 atom stereocenters. The third-order valence-electron chi connectivity index (χ3n) is 2.53. The van der Waals surface area contributed by atoms with Crippen molar-refractivity contribution in [1.82, 2.24) is 5.32 Å². The van der Waals surface area contributed by atoms with Crippen molar-refractivity contribution in [2.24, 2.45) is 11.1 Å². The molecule has 1 saturated carbocycles. The number of rotatable bonds is 0. The smallest absolute Gasteiger partial charge is 0.0115 e. The minimum Gasteiger partial charge on any atom is -0.327 e. The fourth-order valence-electron chi connectivity index (χ4n) is 1.63. The first kappa shape index (κ1) is 9.01. The van der Waals surface area contributed by atoms with E-state index < -0.39 is 0 Å². The molecule has 3 N–H and O–H groups in total. The molecule has 2 heteroatoms. The highest BCUT2D eigenvalue weighted by molar-refractivity contribution is 5.10. The molecule has 1 spiro atoms. The van der Waals surface area contributed by atoms with Crippen LogP contribution in [0.15, 0.2) is 0 Å². The first-order valence-electron chi connectivity index (χ1n) is 4.71. The van der Waals surface area contributed by atoms with Crippen LogP contribution in [-0.4, -0.2) is 19.1 Å². The molecule has 1 heterocycles. The highest BCUT2D eigenvalue weighted by Gasteiger charge is 2.52. The topological polar surface area (TPSA) is 38.0 Å². The Morgan fingerprint density at radius 2 is 2.09 bits per heavy atom. The number of nitrogens with two attached hydrogens (primary N) is 1. The summed E-state index contributed by atoms with van der Waals surface area (Å²) < 4.78 is 0. The number of hydrogen-bond donors (Lipinski definition) is 2. The lowest BCUT2D eigenvalue weighted by molar-refractivity contribution is 0.547.